The van der Waals surface area contributed by atoms with Gasteiger partial charge in [-0.3, -0.25) is 0 Å². The number of unbranched alkanes of at least 4 members (excludes halogenated alkanes) is 5. The Labute approximate surface area is 229 Å². The highest BCUT2D eigenvalue weighted by molar-refractivity contribution is 5.85. The Balaban J connectivity index is 1.36. The summed E-state index contributed by atoms with van der Waals surface area (Å²) in [6.07, 6.45) is 12.7. The van der Waals surface area contributed by atoms with Gasteiger partial charge >= 0.3 is 0 Å². The Kier molecular flexibility index (Phi) is 10.6. The molecule has 4 aromatic carbocycles. The zero-order valence-corrected chi connectivity index (χ0v) is 23.2. The first-order chi connectivity index (χ1) is 18.7. The molecule has 4 rings (SSSR count). The molecule has 0 aliphatic heterocycles. The van der Waals surface area contributed by atoms with Crippen molar-refractivity contribution in [2.24, 2.45) is 0 Å². The summed E-state index contributed by atoms with van der Waals surface area (Å²) in [4.78, 5) is 0. The summed E-state index contributed by atoms with van der Waals surface area (Å²) >= 11 is 0. The summed E-state index contributed by atoms with van der Waals surface area (Å²) in [5, 5.41) is 1.57. The zero-order valence-electron chi connectivity index (χ0n) is 23.2. The standard InChI is InChI=1S/C37H41F/c1-3-5-7-9-11-30-12-16-31(17-13-30)20-21-33-23-27-36-35(28-33)26-25-34(37(36)38)24-22-32-18-14-29(15-19-32)10-8-6-4-2/h12-19,23,25-28H,3-11,22,24H2,1-2H3. The maximum atomic E-state index is 15.3. The second-order valence-electron chi connectivity index (χ2n) is 10.5. The highest BCUT2D eigenvalue weighted by Crippen LogP contribution is 2.24. The molecule has 0 unspecified atom stereocenters. The molecule has 0 N–H and O–H groups in total. The van der Waals surface area contributed by atoms with Gasteiger partial charge in [0.25, 0.3) is 0 Å². The van der Waals surface area contributed by atoms with Crippen molar-refractivity contribution in [3.63, 3.8) is 0 Å². The minimum atomic E-state index is -0.104. The Morgan fingerprint density at radius 1 is 0.526 bits per heavy atom. The quantitative estimate of drug-likeness (QED) is 0.133. The lowest BCUT2D eigenvalue weighted by atomic mass is 9.98. The Morgan fingerprint density at radius 3 is 1.76 bits per heavy atom. The van der Waals surface area contributed by atoms with Gasteiger partial charge in [-0.25, -0.2) is 4.39 Å². The van der Waals surface area contributed by atoms with E-state index in [2.05, 4.69) is 74.2 Å². The number of halogens is 1. The van der Waals surface area contributed by atoms with Crippen LogP contribution in [-0.2, 0) is 25.7 Å². The Bertz CT molecular complexity index is 1350. The third-order valence-electron chi connectivity index (χ3n) is 7.43. The van der Waals surface area contributed by atoms with Gasteiger partial charge in [0.1, 0.15) is 5.82 Å². The molecule has 0 aliphatic carbocycles. The molecular formula is C37H41F. The van der Waals surface area contributed by atoms with E-state index >= 15 is 4.39 Å². The lowest BCUT2D eigenvalue weighted by Gasteiger charge is -2.08. The zero-order chi connectivity index (χ0) is 26.6. The van der Waals surface area contributed by atoms with Crippen LogP contribution >= 0.6 is 0 Å². The first-order valence-corrected chi connectivity index (χ1v) is 14.6. The van der Waals surface area contributed by atoms with Gasteiger partial charge in [0.15, 0.2) is 0 Å². The normalized spacial score (nSPS) is 10.9. The fourth-order valence-corrected chi connectivity index (χ4v) is 4.99. The molecule has 0 aromatic heterocycles. The Morgan fingerprint density at radius 2 is 1.08 bits per heavy atom. The fourth-order valence-electron chi connectivity index (χ4n) is 4.99. The SMILES string of the molecule is CCCCCCc1ccc(C#Cc2ccc3c(F)c(CCc4ccc(CCCCC)cc4)ccc3c2)cc1. The molecule has 1 heteroatoms. The third kappa shape index (κ3) is 8.06. The molecule has 0 fully saturated rings. The minimum Gasteiger partial charge on any atom is -0.206 e. The van der Waals surface area contributed by atoms with Gasteiger partial charge in [0.2, 0.25) is 0 Å². The smallest absolute Gasteiger partial charge is 0.134 e. The molecular weight excluding hydrogens is 463 g/mol. The largest absolute Gasteiger partial charge is 0.206 e. The molecule has 196 valence electrons. The monoisotopic (exact) mass is 504 g/mol. The van der Waals surface area contributed by atoms with E-state index in [9.17, 15) is 0 Å². The van der Waals surface area contributed by atoms with Crippen LogP contribution in [-0.4, -0.2) is 0 Å². The van der Waals surface area contributed by atoms with Gasteiger partial charge in [0, 0.05) is 16.5 Å². The Hall–Kier alpha value is -3.37. The predicted molar refractivity (Wildman–Crippen MR) is 161 cm³/mol. The molecule has 0 spiro atoms. The molecule has 0 heterocycles. The molecule has 0 amide bonds. The first-order valence-electron chi connectivity index (χ1n) is 14.6. The lowest BCUT2D eigenvalue weighted by molar-refractivity contribution is 0.620. The fraction of sp³-hybridized carbons (Fsp3) is 0.351. The van der Waals surface area contributed by atoms with Crippen molar-refractivity contribution < 1.29 is 4.39 Å². The minimum absolute atomic E-state index is 0.104. The van der Waals surface area contributed by atoms with Crippen LogP contribution in [0, 0.1) is 17.7 Å². The van der Waals surface area contributed by atoms with E-state index in [1.54, 1.807) is 0 Å². The summed E-state index contributed by atoms with van der Waals surface area (Å²) in [6, 6.07) is 27.2. The van der Waals surface area contributed by atoms with Crippen molar-refractivity contribution in [2.75, 3.05) is 0 Å². The van der Waals surface area contributed by atoms with Gasteiger partial charge in [-0.1, -0.05) is 112 Å². The van der Waals surface area contributed by atoms with Gasteiger partial charge in [-0.05, 0) is 90.4 Å². The van der Waals surface area contributed by atoms with E-state index in [-0.39, 0.29) is 5.82 Å². The second kappa shape index (κ2) is 14.5. The van der Waals surface area contributed by atoms with Crippen molar-refractivity contribution in [3.05, 3.63) is 118 Å². The maximum Gasteiger partial charge on any atom is 0.134 e. The van der Waals surface area contributed by atoms with Crippen molar-refractivity contribution in [2.45, 2.75) is 84.5 Å². The molecule has 0 saturated heterocycles. The van der Waals surface area contributed by atoms with Crippen LogP contribution in [0.5, 0.6) is 0 Å². The van der Waals surface area contributed by atoms with Crippen molar-refractivity contribution in [1.29, 1.82) is 0 Å². The topological polar surface area (TPSA) is 0 Å². The molecule has 0 saturated carbocycles. The van der Waals surface area contributed by atoms with Gasteiger partial charge in [0.05, 0.1) is 0 Å². The van der Waals surface area contributed by atoms with Crippen LogP contribution in [0.25, 0.3) is 10.8 Å². The number of benzene rings is 4. The van der Waals surface area contributed by atoms with Crippen LogP contribution < -0.4 is 0 Å². The van der Waals surface area contributed by atoms with Crippen LogP contribution in [0.2, 0.25) is 0 Å². The van der Waals surface area contributed by atoms with E-state index < -0.39 is 0 Å². The van der Waals surface area contributed by atoms with Gasteiger partial charge < -0.3 is 0 Å². The average molecular weight is 505 g/mol. The van der Waals surface area contributed by atoms with Crippen LogP contribution in [0.4, 0.5) is 4.39 Å². The molecule has 0 nitrogen and oxygen atoms in total. The van der Waals surface area contributed by atoms with Crippen LogP contribution in [0.3, 0.4) is 0 Å². The van der Waals surface area contributed by atoms with Crippen molar-refractivity contribution in [1.82, 2.24) is 0 Å². The lowest BCUT2D eigenvalue weighted by Crippen LogP contribution is -1.96. The van der Waals surface area contributed by atoms with E-state index in [0.29, 0.717) is 11.8 Å². The third-order valence-corrected chi connectivity index (χ3v) is 7.43. The van der Waals surface area contributed by atoms with Crippen molar-refractivity contribution in [3.8, 4) is 11.8 Å². The molecule has 0 atom stereocenters. The number of aryl methyl sites for hydroxylation is 4. The van der Waals surface area contributed by atoms with E-state index in [4.69, 9.17) is 0 Å². The summed E-state index contributed by atoms with van der Waals surface area (Å²) in [6.45, 7) is 4.48. The summed E-state index contributed by atoms with van der Waals surface area (Å²) in [7, 11) is 0. The molecule has 4 aromatic rings. The van der Waals surface area contributed by atoms with Crippen LogP contribution in [0.15, 0.2) is 78.9 Å². The number of fused-ring (bicyclic) bond motifs is 1. The summed E-state index contributed by atoms with van der Waals surface area (Å²) in [5.74, 6) is 6.43. The molecule has 0 radical (unpaired) electrons. The number of rotatable bonds is 12. The summed E-state index contributed by atoms with van der Waals surface area (Å²) < 4.78 is 15.3. The van der Waals surface area contributed by atoms with Crippen molar-refractivity contribution >= 4 is 10.8 Å². The van der Waals surface area contributed by atoms with E-state index in [1.807, 2.05) is 30.3 Å². The van der Waals surface area contributed by atoms with E-state index in [0.717, 1.165) is 41.3 Å². The second-order valence-corrected chi connectivity index (χ2v) is 10.5. The van der Waals surface area contributed by atoms with Crippen LogP contribution in [0.1, 0.15) is 92.2 Å². The predicted octanol–water partition coefficient (Wildman–Crippen LogP) is 10.0. The van der Waals surface area contributed by atoms with Gasteiger partial charge in [-0.15, -0.1) is 0 Å². The molecule has 38 heavy (non-hydrogen) atoms. The highest BCUT2D eigenvalue weighted by atomic mass is 19.1. The van der Waals surface area contributed by atoms with E-state index in [1.165, 1.54) is 61.6 Å². The maximum absolute atomic E-state index is 15.3. The number of hydrogen-bond donors (Lipinski definition) is 0. The summed E-state index contributed by atoms with van der Waals surface area (Å²) in [5.41, 5.74) is 6.73. The average Bonchev–Trinajstić information content (AvgIpc) is 2.95. The molecule has 0 aliphatic rings. The number of hydrogen-bond acceptors (Lipinski definition) is 0. The van der Waals surface area contributed by atoms with Gasteiger partial charge in [-0.2, -0.15) is 0 Å². The first kappa shape index (κ1) is 27.7. The highest BCUT2D eigenvalue weighted by Gasteiger charge is 2.08. The molecule has 0 bridgehead atoms.